The van der Waals surface area contributed by atoms with Gasteiger partial charge >= 0.3 is 5.97 Å². The molecule has 9 rings (SSSR count). The number of rotatable bonds is 40. The van der Waals surface area contributed by atoms with Crippen LogP contribution in [0.5, 0.6) is 0 Å². The number of fused-ring (bicyclic) bond motifs is 2. The minimum Gasteiger partial charge on any atom is -0.545 e. The number of carbonyl (C=O) groups excluding carboxylic acids is 6. The minimum atomic E-state index is -1.39. The van der Waals surface area contributed by atoms with E-state index < -0.39 is 17.2 Å². The van der Waals surface area contributed by atoms with E-state index in [-0.39, 0.29) is 98.9 Å². The lowest BCUT2D eigenvalue weighted by atomic mass is 9.88. The lowest BCUT2D eigenvalue weighted by Gasteiger charge is -2.20. The maximum Gasteiger partial charge on any atom is 0.303 e. The first-order valence-corrected chi connectivity index (χ1v) is 37.0. The number of nitrogens with zero attached hydrogens (tertiary/aromatic N) is 23. The van der Waals surface area contributed by atoms with Gasteiger partial charge < -0.3 is 35.0 Å². The van der Waals surface area contributed by atoms with Crippen LogP contribution in [0.2, 0.25) is 0 Å². The first kappa shape index (κ1) is 88.0. The number of aromatic carboxylic acids is 1. The molecule has 6 aromatic rings. The number of anilines is 1. The Kier molecular flexibility index (Phi) is 33.7. The molecule has 1 saturated heterocycles. The van der Waals surface area contributed by atoms with Crippen molar-refractivity contribution < 1.29 is 48.2 Å². The Bertz CT molecular complexity index is 4570. The van der Waals surface area contributed by atoms with Gasteiger partial charge in [-0.05, 0) is 140 Å². The summed E-state index contributed by atoms with van der Waals surface area (Å²) in [5.41, 5.74) is 23.2. The van der Waals surface area contributed by atoms with Crippen molar-refractivity contribution in [3.8, 4) is 22.5 Å². The monoisotopic (exact) mass is 1540 g/mol. The van der Waals surface area contributed by atoms with E-state index in [0.717, 1.165) is 45.6 Å². The van der Waals surface area contributed by atoms with Gasteiger partial charge in [0.25, 0.3) is 0 Å². The standard InChI is InChI=1S/C55H69N15O8S.C17H28N10O2.2CH4/c1-55(2,3)70-34-38(61-64-70)32-67(24-12-23-59-62-56)31-37-33-68(63-60-37)25-10-14-49(72)57-21-11-22-58-50(73)35-79-48-30-51(74)69(53(48)75)26-9-8-13-45(71)36-15-18-41(54(76)77)44(27-36)52-42-19-16-39(65(4)5)28-46(42)78-47-29-40(66(6)7)17-20-43(47)52;1-17(2,3)27-13-15(21-24-27)11-25(8-5-7-19-22-18)10-14-12-26(23-20-14)9-4-6-16(28)29;;/h15-20,27-29,33-34,48H,8-14,21-26,30-32,35H2,1-7H3,(H2-,57,58,72,73,76,77);12-13H,4-11H2,1-3H3,(H,28,29);2*1H4. The molecule has 0 spiro atoms. The molecule has 2 aliphatic heterocycles. The van der Waals surface area contributed by atoms with E-state index in [1.165, 1.54) is 17.0 Å². The number of benzene rings is 3. The summed E-state index contributed by atoms with van der Waals surface area (Å²) < 4.78 is 15.4. The van der Waals surface area contributed by atoms with Crippen LogP contribution in [-0.4, -0.2) is 206 Å². The number of thioether (sulfide) groups is 1. The van der Waals surface area contributed by atoms with Crippen LogP contribution in [0.25, 0.3) is 54.3 Å². The highest BCUT2D eigenvalue weighted by Crippen LogP contribution is 2.42. The molecule has 2 aromatic carbocycles. The van der Waals surface area contributed by atoms with Crippen LogP contribution in [0.15, 0.2) is 94.0 Å². The van der Waals surface area contributed by atoms with Crippen molar-refractivity contribution in [2.75, 3.05) is 84.7 Å². The van der Waals surface area contributed by atoms with E-state index in [0.29, 0.717) is 162 Å². The van der Waals surface area contributed by atoms with Gasteiger partial charge in [-0.3, -0.25) is 52.8 Å². The highest BCUT2D eigenvalue weighted by atomic mass is 32.2. The predicted molar refractivity (Wildman–Crippen MR) is 416 cm³/mol. The summed E-state index contributed by atoms with van der Waals surface area (Å²) in [6.45, 7) is 18.5. The van der Waals surface area contributed by atoms with E-state index in [2.05, 4.69) is 123 Å². The number of carbonyl (C=O) groups is 7. The number of carboxylic acid groups (broad SMARTS) is 2. The van der Waals surface area contributed by atoms with E-state index in [4.69, 9.17) is 20.6 Å². The number of hydrogen-bond acceptors (Lipinski definition) is 23. The number of aromatic nitrogens is 12. The number of azide groups is 2. The number of amides is 4. The molecule has 1 unspecified atom stereocenters. The van der Waals surface area contributed by atoms with Crippen molar-refractivity contribution in [3.63, 3.8) is 0 Å². The Labute approximate surface area is 644 Å². The van der Waals surface area contributed by atoms with Crippen LogP contribution in [0.3, 0.4) is 0 Å². The quantitative estimate of drug-likeness (QED) is 0.00477. The summed E-state index contributed by atoms with van der Waals surface area (Å²) in [7, 11) is 7.65. The van der Waals surface area contributed by atoms with E-state index in [1.807, 2.05) is 108 Å². The Morgan fingerprint density at radius 2 is 1.22 bits per heavy atom. The van der Waals surface area contributed by atoms with Gasteiger partial charge in [-0.2, -0.15) is 0 Å². The van der Waals surface area contributed by atoms with Crippen molar-refractivity contribution in [2.24, 2.45) is 10.2 Å². The van der Waals surface area contributed by atoms with Gasteiger partial charge in [0.15, 0.2) is 5.78 Å². The Morgan fingerprint density at radius 3 is 1.75 bits per heavy atom. The molecule has 6 heterocycles. The first-order chi connectivity index (χ1) is 51.6. The molecular formula is C74H105N25O10S. The minimum absolute atomic E-state index is 0. The normalized spacial score (nSPS) is 12.8. The molecule has 36 heteroatoms. The molecule has 1 atom stereocenters. The summed E-state index contributed by atoms with van der Waals surface area (Å²) in [6.07, 6.45) is 11.6. The molecule has 4 aromatic heterocycles. The molecule has 0 radical (unpaired) electrons. The zero-order valence-corrected chi connectivity index (χ0v) is 63.9. The highest BCUT2D eigenvalue weighted by molar-refractivity contribution is 8.01. The lowest BCUT2D eigenvalue weighted by molar-refractivity contribution is -0.255. The van der Waals surface area contributed by atoms with Gasteiger partial charge in [-0.25, -0.2) is 13.9 Å². The maximum absolute atomic E-state index is 13.7. The second-order valence-corrected chi connectivity index (χ2v) is 29.9. The van der Waals surface area contributed by atoms with E-state index in [1.54, 1.807) is 15.4 Å². The number of ketones is 1. The van der Waals surface area contributed by atoms with E-state index in [9.17, 15) is 38.7 Å². The predicted octanol–water partition coefficient (Wildman–Crippen LogP) is 8.09. The number of unbranched alkanes of at least 4 members (excludes halogenated alkanes) is 1. The second-order valence-electron chi connectivity index (χ2n) is 28.7. The van der Waals surface area contributed by atoms with Crippen molar-refractivity contribution in [2.45, 2.75) is 183 Å². The average molecular weight is 1540 g/mol. The van der Waals surface area contributed by atoms with Gasteiger partial charge in [0, 0.05) is 179 Å². The molecule has 0 bridgehead atoms. The Morgan fingerprint density at radius 1 is 0.664 bits per heavy atom. The number of likely N-dealkylation sites (tertiary alicyclic amines) is 1. The number of aliphatic carboxylic acids is 1. The SMILES string of the molecule is C.C.CC(C)(C)n1cc(CN(CCCN=[N+]=[N-])Cc2cn(CCCC(=O)O)nn2)nn1.CN(C)c1ccc2c(-c3cc(C(=O)CCCCN4C(=O)CC(SCC(=O)NCCCNC(=O)CCCn5cc(CN(CCCN=[N+]=[N-])Cc6cn(C(C)(C)C)nn6)nn5)C4=O)ccc3C(=O)[O-])c3ccc(=[N+](C)C)cc-3oc2c1. The summed E-state index contributed by atoms with van der Waals surface area (Å²) >= 11 is 1.10. The smallest absolute Gasteiger partial charge is 0.303 e. The van der Waals surface area contributed by atoms with Crippen LogP contribution in [0, 0.1) is 0 Å². The van der Waals surface area contributed by atoms with Crippen LogP contribution >= 0.6 is 11.8 Å². The number of nitrogens with one attached hydrogen (secondary N) is 2. The third kappa shape index (κ3) is 26.4. The molecule has 4 amide bonds. The third-order valence-corrected chi connectivity index (χ3v) is 18.7. The van der Waals surface area contributed by atoms with Crippen molar-refractivity contribution in [1.29, 1.82) is 0 Å². The maximum atomic E-state index is 13.7. The molecule has 3 N–H and O–H groups in total. The third-order valence-electron chi connectivity index (χ3n) is 17.5. The zero-order chi connectivity index (χ0) is 78.1. The zero-order valence-electron chi connectivity index (χ0n) is 63.1. The molecule has 3 aliphatic rings. The van der Waals surface area contributed by atoms with Crippen molar-refractivity contribution >= 4 is 69.8 Å². The largest absolute Gasteiger partial charge is 0.545 e. The number of aryl methyl sites for hydroxylation is 2. The topological polar surface area (TPSA) is 436 Å². The number of hydrogen-bond donors (Lipinski definition) is 3. The van der Waals surface area contributed by atoms with Crippen LogP contribution in [0.4, 0.5) is 5.69 Å². The van der Waals surface area contributed by atoms with Crippen LogP contribution in [0.1, 0.15) is 171 Å². The Balaban J connectivity index is 0.000000511. The summed E-state index contributed by atoms with van der Waals surface area (Å²) in [6, 6.07) is 15.8. The molecule has 0 saturated carbocycles. The van der Waals surface area contributed by atoms with Gasteiger partial charge in [0.1, 0.15) is 25.4 Å². The van der Waals surface area contributed by atoms with Gasteiger partial charge in [0.05, 0.1) is 69.3 Å². The van der Waals surface area contributed by atoms with Crippen LogP contribution in [-0.2, 0) is 74.3 Å². The molecule has 35 nitrogen and oxygen atoms in total. The first-order valence-electron chi connectivity index (χ1n) is 35.9. The second kappa shape index (κ2) is 42.1. The van der Waals surface area contributed by atoms with Crippen molar-refractivity contribution in [3.05, 3.63) is 140 Å². The average Bonchev–Trinajstić information content (AvgIpc) is 0.955. The molecular weight excluding hydrogens is 1430 g/mol. The summed E-state index contributed by atoms with van der Waals surface area (Å²) in [5.74, 6) is -3.05. The molecule has 592 valence electrons. The molecule has 110 heavy (non-hydrogen) atoms. The molecule has 1 aliphatic carbocycles. The lowest BCUT2D eigenvalue weighted by Crippen LogP contribution is -2.33. The fourth-order valence-corrected chi connectivity index (χ4v) is 12.8. The summed E-state index contributed by atoms with van der Waals surface area (Å²) in [5, 5.41) is 69.0. The summed E-state index contributed by atoms with van der Waals surface area (Å²) in [4.78, 5) is 101. The van der Waals surface area contributed by atoms with Gasteiger partial charge in [0.2, 0.25) is 29.0 Å². The highest BCUT2D eigenvalue weighted by Gasteiger charge is 2.39. The number of carboxylic acids is 2. The fraction of sp³-hybridized carbons (Fsp3) is 0.541. The van der Waals surface area contributed by atoms with Crippen LogP contribution < -0.4 is 30.6 Å². The van der Waals surface area contributed by atoms with Gasteiger partial charge in [-0.1, -0.05) is 58.1 Å². The number of imide groups is 1. The Hall–Kier alpha value is -10.9. The fourth-order valence-electron chi connectivity index (χ4n) is 11.8. The molecule has 1 fully saturated rings. The van der Waals surface area contributed by atoms with Crippen molar-refractivity contribution in [1.82, 2.24) is 89.9 Å². The number of Topliss-reactive ketones (excluding diaryl/α,β-unsaturated/α-hetero) is 1. The van der Waals surface area contributed by atoms with E-state index >= 15 is 0 Å². The van der Waals surface area contributed by atoms with Gasteiger partial charge in [-0.15, -0.1) is 32.2 Å².